The average Bonchev–Trinajstić information content (AvgIpc) is 3.59. The number of ether oxygens (including phenoxy) is 3. The van der Waals surface area contributed by atoms with Gasteiger partial charge in [-0.15, -0.1) is 11.3 Å². The molecule has 4 rings (SSSR count). The molecule has 0 radical (unpaired) electrons. The smallest absolute Gasteiger partial charge is 0.271 e. The molecule has 0 unspecified atom stereocenters. The van der Waals surface area contributed by atoms with Crippen LogP contribution in [0, 0.1) is 5.92 Å². The molecule has 3 aromatic rings. The predicted octanol–water partition coefficient (Wildman–Crippen LogP) is 5.49. The van der Waals surface area contributed by atoms with Crippen LogP contribution in [0.3, 0.4) is 0 Å². The van der Waals surface area contributed by atoms with Crippen molar-refractivity contribution in [3.8, 4) is 11.5 Å². The molecule has 0 fully saturated rings. The Bertz CT molecular complexity index is 1500. The number of carbonyl (C=O) groups is 1. The number of aliphatic hydroxyl groups is 1. The summed E-state index contributed by atoms with van der Waals surface area (Å²) < 4.78 is 46.8. The third-order valence-corrected chi connectivity index (χ3v) is 10.9. The molecule has 1 aliphatic heterocycles. The van der Waals surface area contributed by atoms with E-state index in [1.54, 1.807) is 42.5 Å². The number of hydrogen-bond acceptors (Lipinski definition) is 9. The van der Waals surface area contributed by atoms with Gasteiger partial charge in [-0.05, 0) is 87.5 Å². The molecule has 0 aliphatic carbocycles. The molecule has 2 aromatic carbocycles. The summed E-state index contributed by atoms with van der Waals surface area (Å²) in [4.78, 5) is 18.2. The fourth-order valence-electron chi connectivity index (χ4n) is 5.48. The number of likely N-dealkylation sites (N-methyl/N-ethyl adjacent to an activating group) is 1. The molecule has 1 amide bonds. The van der Waals surface area contributed by atoms with E-state index in [1.807, 2.05) is 31.2 Å². The van der Waals surface area contributed by atoms with Gasteiger partial charge >= 0.3 is 0 Å². The van der Waals surface area contributed by atoms with Crippen LogP contribution < -0.4 is 14.2 Å². The first-order valence-electron chi connectivity index (χ1n) is 15.7. The minimum absolute atomic E-state index is 0.0805. The summed E-state index contributed by atoms with van der Waals surface area (Å²) in [5.74, 6) is 0.757. The number of carbonyl (C=O) groups excluding carboxylic acids is 1. The molecule has 10 nitrogen and oxygen atoms in total. The van der Waals surface area contributed by atoms with Crippen LogP contribution in [0.5, 0.6) is 11.5 Å². The molecular formula is C34H47N3O7S2. The fraction of sp³-hybridized carbons (Fsp3) is 0.500. The highest BCUT2D eigenvalue weighted by Gasteiger charge is 2.31. The summed E-state index contributed by atoms with van der Waals surface area (Å²) in [5.41, 5.74) is 1.64. The lowest BCUT2D eigenvalue weighted by atomic mass is 10.0. The van der Waals surface area contributed by atoms with E-state index in [2.05, 4.69) is 23.6 Å². The Morgan fingerprint density at radius 3 is 2.59 bits per heavy atom. The topological polar surface area (TPSA) is 118 Å². The van der Waals surface area contributed by atoms with Gasteiger partial charge in [0.15, 0.2) is 0 Å². The predicted molar refractivity (Wildman–Crippen MR) is 181 cm³/mol. The standard InChI is InChI=1S/C34H47N3O7S2/c1-24-20-37(25(2)23-38)34(39)30-19-28(35-46(40,41)33-10-8-18-45-33)13-16-31(30)44-26(3)9-6-7-17-43-32(24)22-36(4)21-27-11-14-29(42-5)15-12-27/h8,10-16,18-19,24-26,32,35,38H,6-7,9,17,20-23H2,1-5H3/t24-,25+,26-,32+/m0/s1. The van der Waals surface area contributed by atoms with Crippen LogP contribution in [0.2, 0.25) is 0 Å². The lowest BCUT2D eigenvalue weighted by Crippen LogP contribution is -2.47. The highest BCUT2D eigenvalue weighted by atomic mass is 32.2. The number of sulfonamides is 1. The van der Waals surface area contributed by atoms with Gasteiger partial charge in [0.2, 0.25) is 0 Å². The molecule has 0 saturated heterocycles. The van der Waals surface area contributed by atoms with Gasteiger partial charge in [0.05, 0.1) is 37.5 Å². The maximum absolute atomic E-state index is 14.3. The number of hydrogen-bond donors (Lipinski definition) is 2. The number of fused-ring (bicyclic) bond motifs is 1. The second-order valence-electron chi connectivity index (χ2n) is 12.1. The first-order valence-corrected chi connectivity index (χ1v) is 18.1. The SMILES string of the molecule is COc1ccc(CN(C)C[C@H]2OCCCC[C@H](C)Oc3ccc(NS(=O)(=O)c4cccs4)cc3C(=O)N([C@H](C)CO)C[C@@H]2C)cc1. The van der Waals surface area contributed by atoms with E-state index in [-0.39, 0.29) is 46.1 Å². The van der Waals surface area contributed by atoms with E-state index in [4.69, 9.17) is 14.2 Å². The second kappa shape index (κ2) is 16.6. The van der Waals surface area contributed by atoms with Crippen LogP contribution in [0.1, 0.15) is 56.0 Å². The Balaban J connectivity index is 1.61. The number of aliphatic hydroxyl groups excluding tert-OH is 1. The molecule has 0 spiro atoms. The monoisotopic (exact) mass is 673 g/mol. The summed E-state index contributed by atoms with van der Waals surface area (Å²) in [5, 5.41) is 11.9. The first kappa shape index (κ1) is 35.7. The van der Waals surface area contributed by atoms with Gasteiger partial charge < -0.3 is 24.2 Å². The van der Waals surface area contributed by atoms with E-state index in [0.29, 0.717) is 25.4 Å². The molecule has 0 bridgehead atoms. The maximum atomic E-state index is 14.3. The Morgan fingerprint density at radius 1 is 1.15 bits per heavy atom. The highest BCUT2D eigenvalue weighted by Crippen LogP contribution is 2.30. The number of methoxy groups -OCH3 is 1. The summed E-state index contributed by atoms with van der Waals surface area (Å²) in [6.45, 7) is 7.86. The molecule has 46 heavy (non-hydrogen) atoms. The quantitative estimate of drug-likeness (QED) is 0.291. The summed E-state index contributed by atoms with van der Waals surface area (Å²) in [6, 6.07) is 15.5. The molecular weight excluding hydrogens is 627 g/mol. The van der Waals surface area contributed by atoms with Crippen molar-refractivity contribution in [2.45, 2.75) is 69.0 Å². The van der Waals surface area contributed by atoms with Crippen LogP contribution >= 0.6 is 11.3 Å². The Kier molecular flexibility index (Phi) is 12.9. The van der Waals surface area contributed by atoms with Crippen molar-refractivity contribution in [3.63, 3.8) is 0 Å². The number of thiophene rings is 1. The van der Waals surface area contributed by atoms with Gasteiger partial charge in [-0.25, -0.2) is 8.42 Å². The normalized spacial score (nSPS) is 20.8. The van der Waals surface area contributed by atoms with Crippen LogP contribution in [-0.4, -0.2) is 87.9 Å². The number of rotatable bonds is 10. The zero-order valence-electron chi connectivity index (χ0n) is 27.3. The summed E-state index contributed by atoms with van der Waals surface area (Å²) >= 11 is 1.11. The van der Waals surface area contributed by atoms with Gasteiger partial charge in [-0.2, -0.15) is 0 Å². The molecule has 1 aromatic heterocycles. The minimum Gasteiger partial charge on any atom is -0.497 e. The van der Waals surface area contributed by atoms with E-state index in [1.165, 1.54) is 12.1 Å². The van der Waals surface area contributed by atoms with E-state index in [0.717, 1.165) is 48.5 Å². The van der Waals surface area contributed by atoms with Crippen molar-refractivity contribution in [3.05, 3.63) is 71.1 Å². The van der Waals surface area contributed by atoms with E-state index >= 15 is 0 Å². The third-order valence-electron chi connectivity index (χ3n) is 8.17. The lowest BCUT2D eigenvalue weighted by molar-refractivity contribution is -0.0177. The number of anilines is 1. The fourth-order valence-corrected chi connectivity index (χ4v) is 7.53. The van der Waals surface area contributed by atoms with Crippen molar-refractivity contribution < 1.29 is 32.5 Å². The summed E-state index contributed by atoms with van der Waals surface area (Å²) in [7, 11) is -0.122. The molecule has 1 aliphatic rings. The van der Waals surface area contributed by atoms with Gasteiger partial charge in [0, 0.05) is 37.8 Å². The zero-order valence-corrected chi connectivity index (χ0v) is 29.0. The van der Waals surface area contributed by atoms with Crippen molar-refractivity contribution in [1.82, 2.24) is 9.80 Å². The Morgan fingerprint density at radius 2 is 1.91 bits per heavy atom. The maximum Gasteiger partial charge on any atom is 0.271 e. The molecule has 0 saturated carbocycles. The van der Waals surface area contributed by atoms with Crippen LogP contribution in [0.4, 0.5) is 5.69 Å². The number of benzene rings is 2. The molecule has 252 valence electrons. The summed E-state index contributed by atoms with van der Waals surface area (Å²) in [6.07, 6.45) is 2.16. The zero-order chi connectivity index (χ0) is 33.3. The number of nitrogens with one attached hydrogen (secondary N) is 1. The van der Waals surface area contributed by atoms with Crippen molar-refractivity contribution in [2.24, 2.45) is 5.92 Å². The van der Waals surface area contributed by atoms with Gasteiger partial charge in [0.1, 0.15) is 15.7 Å². The largest absolute Gasteiger partial charge is 0.497 e. The molecule has 2 N–H and O–H groups in total. The van der Waals surface area contributed by atoms with E-state index in [9.17, 15) is 18.3 Å². The molecule has 12 heteroatoms. The Labute approximate surface area is 277 Å². The van der Waals surface area contributed by atoms with Crippen LogP contribution in [0.15, 0.2) is 64.2 Å². The van der Waals surface area contributed by atoms with Crippen LogP contribution in [0.25, 0.3) is 0 Å². The van der Waals surface area contributed by atoms with E-state index < -0.39 is 16.1 Å². The molecule has 2 heterocycles. The minimum atomic E-state index is -3.83. The van der Waals surface area contributed by atoms with Crippen molar-refractivity contribution >= 4 is 33.0 Å². The van der Waals surface area contributed by atoms with Crippen LogP contribution in [-0.2, 0) is 21.3 Å². The first-order chi connectivity index (χ1) is 22.0. The van der Waals surface area contributed by atoms with Crippen molar-refractivity contribution in [1.29, 1.82) is 0 Å². The Hall–Kier alpha value is -3.16. The second-order valence-corrected chi connectivity index (χ2v) is 15.0. The number of nitrogens with zero attached hydrogens (tertiary/aromatic N) is 2. The van der Waals surface area contributed by atoms with Gasteiger partial charge in [0.25, 0.3) is 15.9 Å². The van der Waals surface area contributed by atoms with Crippen molar-refractivity contribution in [2.75, 3.05) is 45.2 Å². The third kappa shape index (κ3) is 9.68. The molecule has 4 atom stereocenters. The van der Waals surface area contributed by atoms with Gasteiger partial charge in [-0.3, -0.25) is 14.4 Å². The number of amides is 1. The van der Waals surface area contributed by atoms with Gasteiger partial charge in [-0.1, -0.05) is 25.1 Å². The highest BCUT2D eigenvalue weighted by molar-refractivity contribution is 7.94. The average molecular weight is 674 g/mol. The lowest BCUT2D eigenvalue weighted by Gasteiger charge is -2.36.